The van der Waals surface area contributed by atoms with E-state index >= 15 is 0 Å². The third-order valence-corrected chi connectivity index (χ3v) is 3.60. The maximum Gasteiger partial charge on any atom is 0.0766 e. The summed E-state index contributed by atoms with van der Waals surface area (Å²) in [6, 6.07) is 9.18. The second-order valence-corrected chi connectivity index (χ2v) is 6.04. The zero-order chi connectivity index (χ0) is 14.5. The molecule has 108 valence electrons. The maximum atomic E-state index is 5.83. The molecule has 0 saturated heterocycles. The summed E-state index contributed by atoms with van der Waals surface area (Å²) in [5.74, 6) is 0. The average Bonchev–Trinajstić information content (AvgIpc) is 2.38. The Morgan fingerprint density at radius 2 is 1.68 bits per heavy atom. The molecule has 2 heteroatoms. The third-order valence-electron chi connectivity index (χ3n) is 3.60. The maximum absolute atomic E-state index is 5.83. The number of benzene rings is 1. The fourth-order valence-electron chi connectivity index (χ4n) is 2.42. The monoisotopic (exact) mass is 263 g/mol. The first-order valence-electron chi connectivity index (χ1n) is 7.33. The van der Waals surface area contributed by atoms with E-state index < -0.39 is 0 Å². The molecule has 0 aliphatic heterocycles. The van der Waals surface area contributed by atoms with Crippen molar-refractivity contribution in [2.75, 3.05) is 13.7 Å². The molecule has 1 aromatic carbocycles. The molecule has 0 heterocycles. The standard InChI is InChI=1S/C17H29NO/c1-7-15(19-8-2)16(18-6)13-9-11-14(12-10-13)17(3,4)5/h9-12,15-16,18H,7-8H2,1-6H3. The fraction of sp³-hybridized carbons (Fsp3) is 0.647. The number of ether oxygens (including phenoxy) is 1. The molecule has 0 spiro atoms. The molecule has 0 radical (unpaired) electrons. The van der Waals surface area contributed by atoms with Gasteiger partial charge in [-0.1, -0.05) is 52.0 Å². The van der Waals surface area contributed by atoms with E-state index in [1.54, 1.807) is 0 Å². The summed E-state index contributed by atoms with van der Waals surface area (Å²) in [7, 11) is 2.00. The summed E-state index contributed by atoms with van der Waals surface area (Å²) in [5, 5.41) is 3.39. The smallest absolute Gasteiger partial charge is 0.0766 e. The summed E-state index contributed by atoms with van der Waals surface area (Å²) in [4.78, 5) is 0. The lowest BCUT2D eigenvalue weighted by Gasteiger charge is -2.27. The highest BCUT2D eigenvalue weighted by Gasteiger charge is 2.21. The molecule has 2 nitrogen and oxygen atoms in total. The summed E-state index contributed by atoms with van der Waals surface area (Å²) in [6.07, 6.45) is 1.25. The first-order chi connectivity index (χ1) is 8.93. The lowest BCUT2D eigenvalue weighted by atomic mass is 9.86. The zero-order valence-corrected chi connectivity index (χ0v) is 13.3. The second kappa shape index (κ2) is 7.06. The van der Waals surface area contributed by atoms with Gasteiger partial charge in [-0.2, -0.15) is 0 Å². The van der Waals surface area contributed by atoms with Crippen LogP contribution in [0, 0.1) is 0 Å². The van der Waals surface area contributed by atoms with Gasteiger partial charge >= 0.3 is 0 Å². The van der Waals surface area contributed by atoms with Crippen molar-refractivity contribution in [2.45, 2.75) is 58.6 Å². The molecule has 1 rings (SSSR count). The summed E-state index contributed by atoms with van der Waals surface area (Å²) >= 11 is 0. The van der Waals surface area contributed by atoms with Crippen LogP contribution in [0.2, 0.25) is 0 Å². The summed E-state index contributed by atoms with van der Waals surface area (Å²) in [5.41, 5.74) is 2.88. The van der Waals surface area contributed by atoms with Crippen LogP contribution in [-0.2, 0) is 10.2 Å². The highest BCUT2D eigenvalue weighted by Crippen LogP contribution is 2.26. The molecule has 0 bridgehead atoms. The van der Waals surface area contributed by atoms with Gasteiger partial charge in [0.05, 0.1) is 12.1 Å². The van der Waals surface area contributed by atoms with Gasteiger partial charge in [0.25, 0.3) is 0 Å². The topological polar surface area (TPSA) is 21.3 Å². The Labute approximate surface area is 118 Å². The summed E-state index contributed by atoms with van der Waals surface area (Å²) in [6.45, 7) is 11.7. The van der Waals surface area contributed by atoms with Crippen molar-refractivity contribution in [3.05, 3.63) is 35.4 Å². The van der Waals surface area contributed by atoms with Gasteiger partial charge in [0, 0.05) is 6.61 Å². The predicted molar refractivity (Wildman–Crippen MR) is 82.6 cm³/mol. The molecule has 2 unspecified atom stereocenters. The second-order valence-electron chi connectivity index (χ2n) is 6.04. The van der Waals surface area contributed by atoms with Crippen LogP contribution >= 0.6 is 0 Å². The Hall–Kier alpha value is -0.860. The Morgan fingerprint density at radius 3 is 2.05 bits per heavy atom. The molecule has 0 fully saturated rings. The van der Waals surface area contributed by atoms with Gasteiger partial charge in [0.15, 0.2) is 0 Å². The Morgan fingerprint density at radius 1 is 1.11 bits per heavy atom. The van der Waals surface area contributed by atoms with E-state index in [1.807, 2.05) is 7.05 Å². The average molecular weight is 263 g/mol. The lowest BCUT2D eigenvalue weighted by molar-refractivity contribution is 0.0334. The molecule has 0 aromatic heterocycles. The van der Waals surface area contributed by atoms with Gasteiger partial charge in [-0.05, 0) is 36.9 Å². The SMILES string of the molecule is CCOC(CC)C(NC)c1ccc(C(C)(C)C)cc1. The van der Waals surface area contributed by atoms with E-state index in [2.05, 4.69) is 64.2 Å². The van der Waals surface area contributed by atoms with E-state index in [-0.39, 0.29) is 17.6 Å². The minimum atomic E-state index is 0.206. The largest absolute Gasteiger partial charge is 0.377 e. The molecule has 0 amide bonds. The Bertz CT molecular complexity index is 364. The quantitative estimate of drug-likeness (QED) is 0.835. The Kier molecular flexibility index (Phi) is 6.02. The van der Waals surface area contributed by atoms with Gasteiger partial charge in [-0.25, -0.2) is 0 Å². The molecular weight excluding hydrogens is 234 g/mol. The van der Waals surface area contributed by atoms with Crippen molar-refractivity contribution < 1.29 is 4.74 Å². The minimum absolute atomic E-state index is 0.206. The minimum Gasteiger partial charge on any atom is -0.377 e. The van der Waals surface area contributed by atoms with Crippen LogP contribution in [0.1, 0.15) is 58.2 Å². The first kappa shape index (κ1) is 16.2. The van der Waals surface area contributed by atoms with Crippen LogP contribution in [0.25, 0.3) is 0 Å². The van der Waals surface area contributed by atoms with Gasteiger partial charge in [-0.3, -0.25) is 0 Å². The van der Waals surface area contributed by atoms with Crippen LogP contribution in [0.5, 0.6) is 0 Å². The van der Waals surface area contributed by atoms with Crippen LogP contribution < -0.4 is 5.32 Å². The van der Waals surface area contributed by atoms with Crippen molar-refractivity contribution in [1.82, 2.24) is 5.32 Å². The van der Waals surface area contributed by atoms with Gasteiger partial charge in [-0.15, -0.1) is 0 Å². The predicted octanol–water partition coefficient (Wildman–Crippen LogP) is 4.06. The van der Waals surface area contributed by atoms with Crippen molar-refractivity contribution in [1.29, 1.82) is 0 Å². The molecule has 2 atom stereocenters. The number of nitrogens with one attached hydrogen (secondary N) is 1. The van der Waals surface area contributed by atoms with Crippen LogP contribution in [0.15, 0.2) is 24.3 Å². The third kappa shape index (κ3) is 4.32. The first-order valence-corrected chi connectivity index (χ1v) is 7.33. The molecule has 19 heavy (non-hydrogen) atoms. The molecular formula is C17H29NO. The van der Waals surface area contributed by atoms with Crippen LogP contribution in [-0.4, -0.2) is 19.8 Å². The van der Waals surface area contributed by atoms with E-state index in [9.17, 15) is 0 Å². The highest BCUT2D eigenvalue weighted by molar-refractivity contribution is 5.29. The number of hydrogen-bond donors (Lipinski definition) is 1. The molecule has 0 saturated carbocycles. The van der Waals surface area contributed by atoms with E-state index in [1.165, 1.54) is 11.1 Å². The van der Waals surface area contributed by atoms with E-state index in [4.69, 9.17) is 4.74 Å². The molecule has 1 aromatic rings. The van der Waals surface area contributed by atoms with Crippen molar-refractivity contribution >= 4 is 0 Å². The summed E-state index contributed by atoms with van der Waals surface area (Å²) < 4.78 is 5.83. The van der Waals surface area contributed by atoms with Crippen molar-refractivity contribution in [3.63, 3.8) is 0 Å². The molecule has 0 aliphatic carbocycles. The van der Waals surface area contributed by atoms with Gasteiger partial charge < -0.3 is 10.1 Å². The number of rotatable bonds is 6. The van der Waals surface area contributed by atoms with Crippen molar-refractivity contribution in [3.8, 4) is 0 Å². The molecule has 0 aliphatic rings. The lowest BCUT2D eigenvalue weighted by Crippen LogP contribution is -2.31. The van der Waals surface area contributed by atoms with Crippen LogP contribution in [0.3, 0.4) is 0 Å². The number of hydrogen-bond acceptors (Lipinski definition) is 2. The molecule has 1 N–H and O–H groups in total. The number of likely N-dealkylation sites (N-methyl/N-ethyl adjacent to an activating group) is 1. The van der Waals surface area contributed by atoms with E-state index in [0.29, 0.717) is 0 Å². The Balaban J connectivity index is 2.93. The van der Waals surface area contributed by atoms with E-state index in [0.717, 1.165) is 13.0 Å². The highest BCUT2D eigenvalue weighted by atomic mass is 16.5. The van der Waals surface area contributed by atoms with Gasteiger partial charge in [0.2, 0.25) is 0 Å². The van der Waals surface area contributed by atoms with Crippen LogP contribution in [0.4, 0.5) is 0 Å². The van der Waals surface area contributed by atoms with Gasteiger partial charge in [0.1, 0.15) is 0 Å². The fourth-order valence-corrected chi connectivity index (χ4v) is 2.42. The normalized spacial score (nSPS) is 15.3. The zero-order valence-electron chi connectivity index (χ0n) is 13.3. The van der Waals surface area contributed by atoms with Crippen molar-refractivity contribution in [2.24, 2.45) is 0 Å².